The number of aromatic nitrogens is 1. The van der Waals surface area contributed by atoms with Crippen LogP contribution in [0.2, 0.25) is 0 Å². The van der Waals surface area contributed by atoms with Crippen molar-refractivity contribution < 1.29 is 25.9 Å². The Balaban J connectivity index is 1.90. The molecule has 0 aliphatic rings. The quantitative estimate of drug-likeness (QED) is 0.106. The first-order valence-electron chi connectivity index (χ1n) is 11.3. The summed E-state index contributed by atoms with van der Waals surface area (Å²) in [6.07, 6.45) is 0.911. The molecule has 0 N–H and O–H groups in total. The third kappa shape index (κ3) is 7.56. The lowest BCUT2D eigenvalue weighted by Gasteiger charge is -2.23. The standard InChI is InChI=1S/C23H25Cl2N3O7S3/c1-17-2-7-22(26-16-17)37(31,32)15-9-21(20-8-14-36-23(20)28(29)30)38(33,34)35-19-5-3-18(4-6-19)27(12-10-24)13-11-25/h2-8,14,16,21H,9-13,15H2,1H3. The second-order valence-electron chi connectivity index (χ2n) is 8.14. The number of aryl methyl sites for hydroxylation is 1. The molecule has 15 heteroatoms. The Hall–Kier alpha value is -2.45. The van der Waals surface area contributed by atoms with Crippen molar-refractivity contribution in [1.82, 2.24) is 4.98 Å². The highest BCUT2D eigenvalue weighted by molar-refractivity contribution is 7.91. The topological polar surface area (TPSA) is 137 Å². The van der Waals surface area contributed by atoms with Crippen LogP contribution in [0.3, 0.4) is 0 Å². The van der Waals surface area contributed by atoms with Crippen molar-refractivity contribution in [3.05, 3.63) is 75.3 Å². The minimum atomic E-state index is -4.56. The lowest BCUT2D eigenvalue weighted by atomic mass is 10.2. The number of thiophene rings is 1. The van der Waals surface area contributed by atoms with Gasteiger partial charge in [0.1, 0.15) is 11.0 Å². The predicted octanol–water partition coefficient (Wildman–Crippen LogP) is 4.96. The Morgan fingerprint density at radius 1 is 1.05 bits per heavy atom. The molecule has 0 aliphatic carbocycles. The molecule has 2 aromatic heterocycles. The van der Waals surface area contributed by atoms with Gasteiger partial charge in [-0.1, -0.05) is 17.4 Å². The van der Waals surface area contributed by atoms with Crippen molar-refractivity contribution in [3.63, 3.8) is 0 Å². The molecule has 0 saturated heterocycles. The summed E-state index contributed by atoms with van der Waals surface area (Å²) in [4.78, 5) is 16.7. The summed E-state index contributed by atoms with van der Waals surface area (Å²) in [6.45, 7) is 2.81. The molecule has 1 aromatic carbocycles. The first kappa shape index (κ1) is 30.1. The smallest absolute Gasteiger partial charge is 0.328 e. The number of nitrogens with zero attached hydrogens (tertiary/aromatic N) is 3. The molecule has 3 rings (SSSR count). The molecule has 0 fully saturated rings. The zero-order chi connectivity index (χ0) is 27.9. The summed E-state index contributed by atoms with van der Waals surface area (Å²) < 4.78 is 57.9. The first-order chi connectivity index (χ1) is 18.0. The number of rotatable bonds is 14. The van der Waals surface area contributed by atoms with Crippen LogP contribution in [0.15, 0.2) is 59.1 Å². The molecule has 38 heavy (non-hydrogen) atoms. The normalized spacial score (nSPS) is 12.7. The fraction of sp³-hybridized carbons (Fsp3) is 0.348. The Labute approximate surface area is 235 Å². The average molecular weight is 623 g/mol. The van der Waals surface area contributed by atoms with Crippen LogP contribution in [0.25, 0.3) is 0 Å². The fourth-order valence-corrected chi connectivity index (χ4v) is 7.70. The highest BCUT2D eigenvalue weighted by Gasteiger charge is 2.37. The van der Waals surface area contributed by atoms with Gasteiger partial charge in [0.25, 0.3) is 0 Å². The van der Waals surface area contributed by atoms with Gasteiger partial charge in [-0.2, -0.15) is 8.42 Å². The van der Waals surface area contributed by atoms with E-state index in [0.29, 0.717) is 24.8 Å². The predicted molar refractivity (Wildman–Crippen MR) is 149 cm³/mol. The number of sulfone groups is 1. The minimum Gasteiger partial charge on any atom is -0.382 e. The summed E-state index contributed by atoms with van der Waals surface area (Å²) in [5.74, 6) is 0.0853. The fourth-order valence-electron chi connectivity index (χ4n) is 3.64. The summed E-state index contributed by atoms with van der Waals surface area (Å²) in [5, 5.41) is 10.7. The van der Waals surface area contributed by atoms with Crippen LogP contribution in [-0.4, -0.2) is 57.3 Å². The summed E-state index contributed by atoms with van der Waals surface area (Å²) >= 11 is 12.4. The zero-order valence-electron chi connectivity index (χ0n) is 20.2. The Morgan fingerprint density at radius 3 is 2.26 bits per heavy atom. The van der Waals surface area contributed by atoms with Crippen LogP contribution in [-0.2, 0) is 20.0 Å². The molecule has 0 aliphatic heterocycles. The number of pyridine rings is 1. The molecule has 0 amide bonds. The second kappa shape index (κ2) is 13.1. The minimum absolute atomic E-state index is 0.0311. The van der Waals surface area contributed by atoms with Gasteiger partial charge in [0.15, 0.2) is 14.9 Å². The van der Waals surface area contributed by atoms with E-state index in [4.69, 9.17) is 27.4 Å². The Kier molecular flexibility index (Phi) is 10.4. The van der Waals surface area contributed by atoms with E-state index in [1.807, 2.05) is 4.90 Å². The molecule has 0 radical (unpaired) electrons. The largest absolute Gasteiger partial charge is 0.382 e. The highest BCUT2D eigenvalue weighted by atomic mass is 35.5. The third-order valence-corrected chi connectivity index (χ3v) is 9.99. The molecule has 0 spiro atoms. The average Bonchev–Trinajstić information content (AvgIpc) is 3.34. The maximum Gasteiger partial charge on any atom is 0.328 e. The molecule has 1 unspecified atom stereocenters. The van der Waals surface area contributed by atoms with Gasteiger partial charge in [-0.25, -0.2) is 13.4 Å². The van der Waals surface area contributed by atoms with E-state index in [1.54, 1.807) is 25.1 Å². The van der Waals surface area contributed by atoms with E-state index in [9.17, 15) is 26.9 Å². The van der Waals surface area contributed by atoms with E-state index in [-0.39, 0.29) is 16.3 Å². The molecule has 3 aromatic rings. The zero-order valence-corrected chi connectivity index (χ0v) is 24.2. The van der Waals surface area contributed by atoms with Crippen molar-refractivity contribution in [1.29, 1.82) is 0 Å². The van der Waals surface area contributed by atoms with E-state index in [0.717, 1.165) is 22.6 Å². The van der Waals surface area contributed by atoms with Gasteiger partial charge in [-0.15, -0.1) is 23.2 Å². The van der Waals surface area contributed by atoms with Gasteiger partial charge in [-0.05, 0) is 60.7 Å². The molecule has 1 atom stereocenters. The van der Waals surface area contributed by atoms with E-state index in [1.165, 1.54) is 35.8 Å². The van der Waals surface area contributed by atoms with Crippen LogP contribution in [0.4, 0.5) is 10.7 Å². The molecule has 206 valence electrons. The lowest BCUT2D eigenvalue weighted by molar-refractivity contribution is -0.380. The van der Waals surface area contributed by atoms with Crippen LogP contribution in [0, 0.1) is 17.0 Å². The number of anilines is 1. The van der Waals surface area contributed by atoms with Gasteiger partial charge >= 0.3 is 15.1 Å². The molecular formula is C23H25Cl2N3O7S3. The molecule has 2 heterocycles. The second-order valence-corrected chi connectivity index (χ2v) is 13.6. The van der Waals surface area contributed by atoms with Crippen LogP contribution in [0.1, 0.15) is 22.8 Å². The summed E-state index contributed by atoms with van der Waals surface area (Å²) in [5.41, 5.74) is 1.36. The third-order valence-electron chi connectivity index (χ3n) is 5.51. The molecule has 0 saturated carbocycles. The maximum atomic E-state index is 13.4. The van der Waals surface area contributed by atoms with Crippen LogP contribution < -0.4 is 9.08 Å². The number of halogens is 2. The van der Waals surface area contributed by atoms with Crippen molar-refractivity contribution >= 4 is 65.2 Å². The van der Waals surface area contributed by atoms with Gasteiger partial charge in [0, 0.05) is 36.7 Å². The molecule has 10 nitrogen and oxygen atoms in total. The molecule has 0 bridgehead atoms. The van der Waals surface area contributed by atoms with Crippen molar-refractivity contribution in [2.45, 2.75) is 23.6 Å². The maximum absolute atomic E-state index is 13.4. The Morgan fingerprint density at radius 2 is 1.71 bits per heavy atom. The lowest BCUT2D eigenvalue weighted by Crippen LogP contribution is -2.27. The number of alkyl halides is 2. The van der Waals surface area contributed by atoms with Crippen molar-refractivity contribution in [2.24, 2.45) is 0 Å². The van der Waals surface area contributed by atoms with E-state index < -0.39 is 47.3 Å². The van der Waals surface area contributed by atoms with Crippen LogP contribution >= 0.6 is 34.5 Å². The summed E-state index contributed by atoms with van der Waals surface area (Å²) in [6, 6.07) is 10.4. The number of hydrogen-bond donors (Lipinski definition) is 0. The molecular weight excluding hydrogens is 597 g/mol. The van der Waals surface area contributed by atoms with Gasteiger partial charge < -0.3 is 9.08 Å². The van der Waals surface area contributed by atoms with E-state index >= 15 is 0 Å². The van der Waals surface area contributed by atoms with Gasteiger partial charge in [0.2, 0.25) is 0 Å². The monoisotopic (exact) mass is 621 g/mol. The van der Waals surface area contributed by atoms with Gasteiger partial charge in [-0.3, -0.25) is 10.1 Å². The van der Waals surface area contributed by atoms with Crippen molar-refractivity contribution in [2.75, 3.05) is 35.5 Å². The Bertz CT molecular complexity index is 1440. The number of benzene rings is 1. The highest BCUT2D eigenvalue weighted by Crippen LogP contribution is 2.39. The van der Waals surface area contributed by atoms with E-state index in [2.05, 4.69) is 4.98 Å². The number of hydrogen-bond acceptors (Lipinski definition) is 10. The SMILES string of the molecule is Cc1ccc(S(=O)(=O)CCC(c2ccsc2[N+](=O)[O-])S(=O)(=O)Oc2ccc(N(CCCl)CCCl)cc2)nc1. The number of nitro groups is 1. The summed E-state index contributed by atoms with van der Waals surface area (Å²) in [7, 11) is -8.54. The van der Waals surface area contributed by atoms with Crippen molar-refractivity contribution in [3.8, 4) is 5.75 Å². The first-order valence-corrected chi connectivity index (χ1v) is 16.3. The van der Waals surface area contributed by atoms with Crippen LogP contribution in [0.5, 0.6) is 5.75 Å². The van der Waals surface area contributed by atoms with Gasteiger partial charge in [0.05, 0.1) is 16.2 Å².